The van der Waals surface area contributed by atoms with Crippen LogP contribution in [0.25, 0.3) is 0 Å². The van der Waals surface area contributed by atoms with Gasteiger partial charge in [-0.2, -0.15) is 13.2 Å². The molecule has 3 rings (SSSR count). The lowest BCUT2D eigenvalue weighted by Gasteiger charge is -2.46. The minimum absolute atomic E-state index is 0.0185. The number of amides is 1. The van der Waals surface area contributed by atoms with Crippen LogP contribution in [0.1, 0.15) is 5.69 Å². The van der Waals surface area contributed by atoms with Gasteiger partial charge in [-0.1, -0.05) is 0 Å². The third-order valence-corrected chi connectivity index (χ3v) is 3.66. The number of nitrogens with zero attached hydrogens (tertiary/aromatic N) is 4. The van der Waals surface area contributed by atoms with E-state index in [1.54, 1.807) is 4.90 Å². The van der Waals surface area contributed by atoms with Crippen molar-refractivity contribution < 1.29 is 18.0 Å². The first kappa shape index (κ1) is 14.1. The van der Waals surface area contributed by atoms with Crippen molar-refractivity contribution in [1.82, 2.24) is 20.2 Å². The zero-order valence-corrected chi connectivity index (χ0v) is 11.1. The summed E-state index contributed by atoms with van der Waals surface area (Å²) in [4.78, 5) is 22.5. The summed E-state index contributed by atoms with van der Waals surface area (Å²) in [6.45, 7) is 2.77. The molecule has 6 nitrogen and oxygen atoms in total. The van der Waals surface area contributed by atoms with Crippen molar-refractivity contribution in [2.75, 3.05) is 37.6 Å². The van der Waals surface area contributed by atoms with Crippen molar-refractivity contribution in [2.45, 2.75) is 12.2 Å². The Morgan fingerprint density at radius 2 is 2.10 bits per heavy atom. The lowest BCUT2D eigenvalue weighted by molar-refractivity contribution is -0.141. The molecule has 2 fully saturated rings. The summed E-state index contributed by atoms with van der Waals surface area (Å²) >= 11 is 0. The van der Waals surface area contributed by atoms with Crippen LogP contribution in [0.4, 0.5) is 19.1 Å². The molecule has 0 unspecified atom stereocenters. The highest BCUT2D eigenvalue weighted by Gasteiger charge is 2.37. The highest BCUT2D eigenvalue weighted by Crippen LogP contribution is 2.29. The topological polar surface area (TPSA) is 61.4 Å². The van der Waals surface area contributed by atoms with E-state index in [1.807, 2.05) is 4.90 Å². The zero-order valence-electron chi connectivity index (χ0n) is 11.1. The fraction of sp³-hybridized carbons (Fsp3) is 0.583. The van der Waals surface area contributed by atoms with Gasteiger partial charge in [0.2, 0.25) is 11.9 Å². The van der Waals surface area contributed by atoms with E-state index in [0.717, 1.165) is 18.8 Å². The van der Waals surface area contributed by atoms with E-state index in [2.05, 4.69) is 15.3 Å². The normalized spacial score (nSPS) is 21.1. The van der Waals surface area contributed by atoms with Crippen LogP contribution in [0.3, 0.4) is 0 Å². The molecule has 3 heterocycles. The van der Waals surface area contributed by atoms with Crippen LogP contribution in [0, 0.1) is 0 Å². The van der Waals surface area contributed by atoms with Crippen molar-refractivity contribution >= 4 is 11.9 Å². The van der Waals surface area contributed by atoms with Crippen LogP contribution in [0.15, 0.2) is 12.3 Å². The van der Waals surface area contributed by atoms with Gasteiger partial charge < -0.3 is 10.2 Å². The Balaban J connectivity index is 1.62. The van der Waals surface area contributed by atoms with Crippen molar-refractivity contribution in [3.05, 3.63) is 18.0 Å². The molecule has 2 aliphatic rings. The molecule has 1 N–H and O–H groups in total. The number of alkyl halides is 3. The molecule has 1 aromatic heterocycles. The van der Waals surface area contributed by atoms with E-state index in [-0.39, 0.29) is 17.9 Å². The molecular formula is C12H14F3N5O. The second-order valence-corrected chi connectivity index (χ2v) is 5.12. The number of aromatic nitrogens is 2. The minimum Gasteiger partial charge on any atom is -0.354 e. The number of anilines is 1. The monoisotopic (exact) mass is 301 g/mol. The van der Waals surface area contributed by atoms with Gasteiger partial charge >= 0.3 is 6.18 Å². The quantitative estimate of drug-likeness (QED) is 0.840. The summed E-state index contributed by atoms with van der Waals surface area (Å²) in [7, 11) is 0. The lowest BCUT2D eigenvalue weighted by Crippen LogP contribution is -2.64. The molecule has 0 spiro atoms. The van der Waals surface area contributed by atoms with E-state index in [9.17, 15) is 18.0 Å². The number of carbonyl (C=O) groups is 1. The third-order valence-electron chi connectivity index (χ3n) is 3.66. The van der Waals surface area contributed by atoms with Gasteiger partial charge in [-0.15, -0.1) is 0 Å². The van der Waals surface area contributed by atoms with E-state index in [1.165, 1.54) is 0 Å². The van der Waals surface area contributed by atoms with Crippen molar-refractivity contribution in [3.8, 4) is 0 Å². The van der Waals surface area contributed by atoms with Gasteiger partial charge in [0.1, 0.15) is 5.69 Å². The maximum absolute atomic E-state index is 12.6. The van der Waals surface area contributed by atoms with Crippen LogP contribution in [0.5, 0.6) is 0 Å². The van der Waals surface area contributed by atoms with Crippen LogP contribution in [-0.2, 0) is 11.0 Å². The number of hydrogen-bond acceptors (Lipinski definition) is 5. The summed E-state index contributed by atoms with van der Waals surface area (Å²) in [6, 6.07) is 1.02. The Kier molecular flexibility index (Phi) is 3.44. The average Bonchev–Trinajstić information content (AvgIpc) is 2.36. The summed E-state index contributed by atoms with van der Waals surface area (Å²) in [5.74, 6) is 0.0672. The Morgan fingerprint density at radius 3 is 2.76 bits per heavy atom. The van der Waals surface area contributed by atoms with E-state index >= 15 is 0 Å². The largest absolute Gasteiger partial charge is 0.433 e. The maximum atomic E-state index is 12.6. The van der Waals surface area contributed by atoms with Gasteiger partial charge in [0.25, 0.3) is 0 Å². The van der Waals surface area contributed by atoms with Crippen LogP contribution >= 0.6 is 0 Å². The summed E-state index contributed by atoms with van der Waals surface area (Å²) < 4.78 is 37.8. The molecule has 0 radical (unpaired) electrons. The van der Waals surface area contributed by atoms with Crippen LogP contribution < -0.4 is 10.2 Å². The average molecular weight is 301 g/mol. The van der Waals surface area contributed by atoms with Crippen molar-refractivity contribution in [2.24, 2.45) is 0 Å². The summed E-state index contributed by atoms with van der Waals surface area (Å²) in [5.41, 5.74) is -0.937. The SMILES string of the molecule is O=C1CN(C2CN(c3nccc(C(F)(F)F)n3)C2)CCN1. The standard InChI is InChI=1S/C12H14F3N5O/c13-12(14,15)9-1-2-17-11(18-9)20-5-8(6-20)19-4-3-16-10(21)7-19/h1-2,8H,3-7H2,(H,16,21). The predicted molar refractivity (Wildman–Crippen MR) is 67.6 cm³/mol. The summed E-state index contributed by atoms with van der Waals surface area (Å²) in [6.07, 6.45) is -3.35. The fourth-order valence-electron chi connectivity index (χ4n) is 2.48. The minimum atomic E-state index is -4.47. The first-order valence-electron chi connectivity index (χ1n) is 6.59. The smallest absolute Gasteiger partial charge is 0.354 e. The Hall–Kier alpha value is -1.90. The second kappa shape index (κ2) is 5.14. The molecule has 0 aromatic carbocycles. The van der Waals surface area contributed by atoms with Gasteiger partial charge in [-0.25, -0.2) is 9.97 Å². The first-order valence-corrected chi connectivity index (χ1v) is 6.59. The predicted octanol–water partition coefficient (Wildman–Crippen LogP) is 0.116. The third kappa shape index (κ3) is 2.92. The Labute approximate surface area is 119 Å². The highest BCUT2D eigenvalue weighted by atomic mass is 19.4. The first-order chi connectivity index (χ1) is 9.93. The van der Waals surface area contributed by atoms with E-state index < -0.39 is 11.9 Å². The Bertz CT molecular complexity index is 544. The summed E-state index contributed by atoms with van der Waals surface area (Å²) in [5, 5.41) is 2.74. The van der Waals surface area contributed by atoms with Gasteiger partial charge in [0, 0.05) is 38.4 Å². The fourth-order valence-corrected chi connectivity index (χ4v) is 2.48. The lowest BCUT2D eigenvalue weighted by atomic mass is 10.1. The number of hydrogen-bond donors (Lipinski definition) is 1. The van der Waals surface area contributed by atoms with E-state index in [0.29, 0.717) is 26.2 Å². The molecule has 0 bridgehead atoms. The number of piperazine rings is 1. The van der Waals surface area contributed by atoms with E-state index in [4.69, 9.17) is 0 Å². The number of halogens is 3. The highest BCUT2D eigenvalue weighted by molar-refractivity contribution is 5.78. The number of rotatable bonds is 2. The second-order valence-electron chi connectivity index (χ2n) is 5.12. The number of carbonyl (C=O) groups excluding carboxylic acids is 1. The van der Waals surface area contributed by atoms with Gasteiger partial charge in [0.15, 0.2) is 0 Å². The van der Waals surface area contributed by atoms with Crippen LogP contribution in [0.2, 0.25) is 0 Å². The molecule has 114 valence electrons. The van der Waals surface area contributed by atoms with Gasteiger partial charge in [-0.3, -0.25) is 9.69 Å². The molecule has 0 atom stereocenters. The van der Waals surface area contributed by atoms with Gasteiger partial charge in [0.05, 0.1) is 6.54 Å². The zero-order chi connectivity index (χ0) is 15.0. The van der Waals surface area contributed by atoms with Crippen molar-refractivity contribution in [3.63, 3.8) is 0 Å². The molecular weight excluding hydrogens is 287 g/mol. The molecule has 0 aliphatic carbocycles. The Morgan fingerprint density at radius 1 is 1.33 bits per heavy atom. The molecule has 0 saturated carbocycles. The van der Waals surface area contributed by atoms with Crippen LogP contribution in [-0.4, -0.2) is 59.5 Å². The molecule has 2 aliphatic heterocycles. The molecule has 1 amide bonds. The molecule has 21 heavy (non-hydrogen) atoms. The molecule has 1 aromatic rings. The van der Waals surface area contributed by atoms with Crippen molar-refractivity contribution in [1.29, 1.82) is 0 Å². The van der Waals surface area contributed by atoms with Gasteiger partial charge in [-0.05, 0) is 6.07 Å². The number of nitrogens with one attached hydrogen (secondary N) is 1. The maximum Gasteiger partial charge on any atom is 0.433 e. The molecule has 9 heteroatoms. The molecule has 2 saturated heterocycles.